The number of ether oxygens (including phenoxy) is 1. The van der Waals surface area contributed by atoms with E-state index < -0.39 is 10.0 Å². The predicted octanol–water partition coefficient (Wildman–Crippen LogP) is 2.02. The van der Waals surface area contributed by atoms with Crippen molar-refractivity contribution in [3.63, 3.8) is 0 Å². The molecule has 0 fully saturated rings. The molecule has 0 spiro atoms. The van der Waals surface area contributed by atoms with Crippen LogP contribution in [0.2, 0.25) is 0 Å². The first-order chi connectivity index (χ1) is 12.5. The monoisotopic (exact) mass is 371 g/mol. The van der Waals surface area contributed by atoms with E-state index in [0.29, 0.717) is 29.3 Å². The van der Waals surface area contributed by atoms with Gasteiger partial charge in [0, 0.05) is 12.6 Å². The number of aryl methyl sites for hydroxylation is 1. The molecule has 3 aromatic rings. The molecule has 1 aromatic carbocycles. The Bertz CT molecular complexity index is 1070. The summed E-state index contributed by atoms with van der Waals surface area (Å²) < 4.78 is 34.1. The number of hydrogen-bond acceptors (Lipinski definition) is 6. The Balaban J connectivity index is 2.09. The fourth-order valence-corrected chi connectivity index (χ4v) is 3.93. The largest absolute Gasteiger partial charge is 0.497 e. The molecule has 134 valence electrons. The average Bonchev–Trinajstić information content (AvgIpc) is 3.08. The van der Waals surface area contributed by atoms with Gasteiger partial charge in [0.25, 0.3) is 10.0 Å². The maximum atomic E-state index is 13.1. The Morgan fingerprint density at radius 3 is 2.54 bits per heavy atom. The van der Waals surface area contributed by atoms with Gasteiger partial charge in [0.05, 0.1) is 18.9 Å². The molecule has 0 amide bonds. The fraction of sp³-hybridized carbons (Fsp3) is 0.235. The fourth-order valence-electron chi connectivity index (χ4n) is 2.57. The van der Waals surface area contributed by atoms with Crippen LogP contribution in [0.15, 0.2) is 47.5 Å². The summed E-state index contributed by atoms with van der Waals surface area (Å²) in [6.45, 7) is 1.60. The lowest BCUT2D eigenvalue weighted by molar-refractivity contribution is 0.415. The van der Waals surface area contributed by atoms with Gasteiger partial charge >= 0.3 is 0 Å². The normalized spacial score (nSPS) is 11.3. The van der Waals surface area contributed by atoms with Gasteiger partial charge in [-0.25, -0.2) is 8.42 Å². The van der Waals surface area contributed by atoms with Gasteiger partial charge in [-0.1, -0.05) is 6.92 Å². The van der Waals surface area contributed by atoms with Crippen LogP contribution < -0.4 is 9.04 Å². The number of methoxy groups -OCH3 is 1. The minimum absolute atomic E-state index is 0.0607. The number of hydrogen-bond donors (Lipinski definition) is 0. The van der Waals surface area contributed by atoms with Crippen molar-refractivity contribution in [2.24, 2.45) is 0 Å². The van der Waals surface area contributed by atoms with E-state index in [9.17, 15) is 8.42 Å². The van der Waals surface area contributed by atoms with Gasteiger partial charge in [-0.3, -0.25) is 8.71 Å². The maximum absolute atomic E-state index is 13.1. The van der Waals surface area contributed by atoms with Crippen LogP contribution in [0.3, 0.4) is 0 Å². The molecule has 9 heteroatoms. The number of nitrogens with zero attached hydrogens (tertiary/aromatic N) is 5. The molecule has 3 rings (SSSR count). The summed E-state index contributed by atoms with van der Waals surface area (Å²) in [5.74, 6) is 1.26. The number of nitriles is 1. The van der Waals surface area contributed by atoms with E-state index in [0.717, 1.165) is 4.31 Å². The van der Waals surface area contributed by atoms with Crippen LogP contribution in [0.5, 0.6) is 5.75 Å². The van der Waals surface area contributed by atoms with Gasteiger partial charge in [-0.2, -0.15) is 5.26 Å². The number of fused-ring (bicyclic) bond motifs is 1. The second-order valence-electron chi connectivity index (χ2n) is 5.43. The Morgan fingerprint density at radius 2 is 1.92 bits per heavy atom. The summed E-state index contributed by atoms with van der Waals surface area (Å²) in [5.41, 5.74) is 0.948. The van der Waals surface area contributed by atoms with E-state index in [2.05, 4.69) is 10.2 Å². The molecule has 26 heavy (non-hydrogen) atoms. The quantitative estimate of drug-likeness (QED) is 0.615. The molecule has 0 atom stereocenters. The number of rotatable bonds is 6. The molecular weight excluding hydrogens is 354 g/mol. The molecule has 2 heterocycles. The highest BCUT2D eigenvalue weighted by molar-refractivity contribution is 7.92. The van der Waals surface area contributed by atoms with Crippen molar-refractivity contribution < 1.29 is 13.2 Å². The van der Waals surface area contributed by atoms with Crippen molar-refractivity contribution in [3.05, 3.63) is 48.4 Å². The Hall–Kier alpha value is -3.12. The van der Waals surface area contributed by atoms with E-state index >= 15 is 0 Å². The Morgan fingerprint density at radius 1 is 1.19 bits per heavy atom. The van der Waals surface area contributed by atoms with Crippen LogP contribution in [0.25, 0.3) is 5.65 Å². The van der Waals surface area contributed by atoms with E-state index in [1.54, 1.807) is 34.7 Å². The highest BCUT2D eigenvalue weighted by atomic mass is 32.2. The van der Waals surface area contributed by atoms with E-state index in [-0.39, 0.29) is 11.4 Å². The van der Waals surface area contributed by atoms with Crippen LogP contribution in [0.4, 0.5) is 5.69 Å². The molecule has 2 aromatic heterocycles. The van der Waals surface area contributed by atoms with Crippen molar-refractivity contribution >= 4 is 21.4 Å². The molecular formula is C17H17N5O3S. The minimum atomic E-state index is -3.94. The highest BCUT2D eigenvalue weighted by Crippen LogP contribution is 2.26. The summed E-state index contributed by atoms with van der Waals surface area (Å²) in [6, 6.07) is 11.5. The third kappa shape index (κ3) is 3.07. The number of benzene rings is 1. The van der Waals surface area contributed by atoms with Crippen molar-refractivity contribution in [2.45, 2.75) is 18.2 Å². The molecule has 8 nitrogen and oxygen atoms in total. The Labute approximate surface area is 151 Å². The van der Waals surface area contributed by atoms with Crippen molar-refractivity contribution in [3.8, 4) is 11.8 Å². The average molecular weight is 371 g/mol. The van der Waals surface area contributed by atoms with Gasteiger partial charge in [0.2, 0.25) is 0 Å². The van der Waals surface area contributed by atoms with Gasteiger partial charge in [0.15, 0.2) is 5.65 Å². The summed E-state index contributed by atoms with van der Waals surface area (Å²) in [7, 11) is -2.41. The van der Waals surface area contributed by atoms with Crippen molar-refractivity contribution in [1.82, 2.24) is 14.6 Å². The molecule has 0 bridgehead atoms. The lowest BCUT2D eigenvalue weighted by atomic mass is 10.3. The zero-order chi connectivity index (χ0) is 18.7. The number of pyridine rings is 1. The molecule has 0 N–H and O–H groups in total. The van der Waals surface area contributed by atoms with Crippen molar-refractivity contribution in [1.29, 1.82) is 5.26 Å². The second kappa shape index (κ2) is 7.01. The SMILES string of the molecule is CCc1nnc2ccc(S(=O)(=O)N(CC#N)c3ccc(OC)cc3)cn12. The standard InChI is InChI=1S/C17H17N5O3S/c1-3-16-19-20-17-9-8-15(12-21(16)17)26(23,24)22(11-10-18)13-4-6-14(25-2)7-5-13/h4-9,12H,3,11H2,1-2H3. The van der Waals surface area contributed by atoms with E-state index in [1.165, 1.54) is 19.4 Å². The molecule has 0 aliphatic carbocycles. The first kappa shape index (κ1) is 17.7. The van der Waals surface area contributed by atoms with Crippen LogP contribution in [-0.2, 0) is 16.4 Å². The first-order valence-electron chi connectivity index (χ1n) is 7.88. The second-order valence-corrected chi connectivity index (χ2v) is 7.29. The lowest BCUT2D eigenvalue weighted by Crippen LogP contribution is -2.31. The Kier molecular flexibility index (Phi) is 4.77. The third-order valence-electron chi connectivity index (χ3n) is 3.92. The van der Waals surface area contributed by atoms with E-state index in [1.807, 2.05) is 13.0 Å². The van der Waals surface area contributed by atoms with E-state index in [4.69, 9.17) is 10.00 Å². The topological polar surface area (TPSA) is 101 Å². The van der Waals surface area contributed by atoms with Crippen LogP contribution >= 0.6 is 0 Å². The van der Waals surface area contributed by atoms with Crippen molar-refractivity contribution in [2.75, 3.05) is 18.0 Å². The van der Waals surface area contributed by atoms with Crippen LogP contribution in [-0.4, -0.2) is 36.7 Å². The van der Waals surface area contributed by atoms with Crippen LogP contribution in [0.1, 0.15) is 12.7 Å². The van der Waals surface area contributed by atoms with Gasteiger partial charge in [0.1, 0.15) is 23.0 Å². The van der Waals surface area contributed by atoms with Crippen LogP contribution in [0, 0.1) is 11.3 Å². The molecule has 0 aliphatic rings. The predicted molar refractivity (Wildman–Crippen MR) is 95.5 cm³/mol. The summed E-state index contributed by atoms with van der Waals surface area (Å²) in [6.07, 6.45) is 2.10. The first-order valence-corrected chi connectivity index (χ1v) is 9.32. The number of sulfonamides is 1. The summed E-state index contributed by atoms with van der Waals surface area (Å²) in [5, 5.41) is 17.2. The number of anilines is 1. The highest BCUT2D eigenvalue weighted by Gasteiger charge is 2.26. The smallest absolute Gasteiger partial charge is 0.266 e. The van der Waals surface area contributed by atoms with Gasteiger partial charge in [-0.15, -0.1) is 10.2 Å². The van der Waals surface area contributed by atoms with Gasteiger partial charge < -0.3 is 4.74 Å². The lowest BCUT2D eigenvalue weighted by Gasteiger charge is -2.22. The third-order valence-corrected chi connectivity index (χ3v) is 5.68. The summed E-state index contributed by atoms with van der Waals surface area (Å²) in [4.78, 5) is 0.0607. The van der Waals surface area contributed by atoms with Gasteiger partial charge in [-0.05, 0) is 36.4 Å². The molecule has 0 radical (unpaired) electrons. The number of aromatic nitrogens is 3. The molecule has 0 saturated heterocycles. The molecule has 0 saturated carbocycles. The zero-order valence-corrected chi connectivity index (χ0v) is 15.1. The zero-order valence-electron chi connectivity index (χ0n) is 14.3. The molecule has 0 aliphatic heterocycles. The minimum Gasteiger partial charge on any atom is -0.497 e. The molecule has 0 unspecified atom stereocenters. The summed E-state index contributed by atoms with van der Waals surface area (Å²) >= 11 is 0. The maximum Gasteiger partial charge on any atom is 0.266 e.